The minimum Gasteiger partial charge on any atom is -0.469 e. The van der Waals surface area contributed by atoms with Gasteiger partial charge in [0.1, 0.15) is 6.42 Å². The van der Waals surface area contributed by atoms with Crippen molar-refractivity contribution in [2.75, 3.05) is 33.4 Å². The first-order chi connectivity index (χ1) is 13.8. The van der Waals surface area contributed by atoms with Crippen molar-refractivity contribution in [3.63, 3.8) is 0 Å². The van der Waals surface area contributed by atoms with E-state index >= 15 is 0 Å². The maximum Gasteiger partial charge on any atom is 0.315 e. The summed E-state index contributed by atoms with van der Waals surface area (Å²) in [6.45, 7) is 5.02. The lowest BCUT2D eigenvalue weighted by Crippen LogP contribution is -2.48. The monoisotopic (exact) mass is 414 g/mol. The van der Waals surface area contributed by atoms with Crippen LogP contribution >= 0.6 is 0 Å². The Labute approximate surface area is 172 Å². The predicted molar refractivity (Wildman–Crippen MR) is 105 cm³/mol. The van der Waals surface area contributed by atoms with Gasteiger partial charge < -0.3 is 25.3 Å². The minimum atomic E-state index is -0.595. The van der Waals surface area contributed by atoms with E-state index in [0.717, 1.165) is 25.7 Å². The van der Waals surface area contributed by atoms with Crippen LogP contribution in [0.15, 0.2) is 0 Å². The number of esters is 3. The van der Waals surface area contributed by atoms with Gasteiger partial charge in [-0.05, 0) is 39.5 Å². The molecule has 0 bridgehead atoms. The Balaban J connectivity index is 0.000000326. The van der Waals surface area contributed by atoms with Gasteiger partial charge in [0.25, 0.3) is 0 Å². The fourth-order valence-electron chi connectivity index (χ4n) is 3.25. The summed E-state index contributed by atoms with van der Waals surface area (Å²) in [4.78, 5) is 45.4. The molecule has 2 aliphatic rings. The molecule has 3 N–H and O–H groups in total. The van der Waals surface area contributed by atoms with Gasteiger partial charge in [-0.2, -0.15) is 0 Å². The number of nitrogens with two attached hydrogens (primary N) is 1. The summed E-state index contributed by atoms with van der Waals surface area (Å²) >= 11 is 0. The highest BCUT2D eigenvalue weighted by Crippen LogP contribution is 2.42. The van der Waals surface area contributed by atoms with Crippen LogP contribution in [-0.2, 0) is 33.4 Å². The van der Waals surface area contributed by atoms with Crippen molar-refractivity contribution in [3.05, 3.63) is 0 Å². The molecular formula is C20H34N2O7. The molecule has 0 aromatic heterocycles. The van der Waals surface area contributed by atoms with Crippen LogP contribution in [0, 0.1) is 10.8 Å². The van der Waals surface area contributed by atoms with Crippen molar-refractivity contribution in [3.8, 4) is 0 Å². The van der Waals surface area contributed by atoms with E-state index in [4.69, 9.17) is 15.2 Å². The normalized spacial score (nSPS) is 17.9. The van der Waals surface area contributed by atoms with Crippen LogP contribution in [0.1, 0.15) is 58.8 Å². The van der Waals surface area contributed by atoms with Crippen LogP contribution in [0.5, 0.6) is 0 Å². The predicted octanol–water partition coefficient (Wildman–Crippen LogP) is 1.08. The molecule has 2 saturated carbocycles. The number of hydrogen-bond acceptors (Lipinski definition) is 8. The summed E-state index contributed by atoms with van der Waals surface area (Å²) in [6, 6.07) is 0. The Kier molecular flexibility index (Phi) is 10.1. The molecule has 1 amide bonds. The first-order valence-corrected chi connectivity index (χ1v) is 10.2. The number of methoxy groups -OCH3 is 1. The van der Waals surface area contributed by atoms with Crippen molar-refractivity contribution in [2.45, 2.75) is 58.8 Å². The highest BCUT2D eigenvalue weighted by Gasteiger charge is 2.46. The quantitative estimate of drug-likeness (QED) is 0.325. The molecule has 0 aromatic carbocycles. The van der Waals surface area contributed by atoms with E-state index in [0.29, 0.717) is 32.6 Å². The van der Waals surface area contributed by atoms with Crippen molar-refractivity contribution >= 4 is 23.8 Å². The molecule has 0 atom stereocenters. The molecule has 0 aromatic rings. The molecule has 0 radical (unpaired) electrons. The van der Waals surface area contributed by atoms with E-state index in [-0.39, 0.29) is 30.3 Å². The zero-order valence-corrected chi connectivity index (χ0v) is 17.7. The van der Waals surface area contributed by atoms with E-state index in [2.05, 4.69) is 10.1 Å². The molecule has 0 unspecified atom stereocenters. The Bertz CT molecular complexity index is 578. The third-order valence-electron chi connectivity index (χ3n) is 5.59. The topological polar surface area (TPSA) is 134 Å². The second-order valence-corrected chi connectivity index (χ2v) is 7.44. The average Bonchev–Trinajstić information content (AvgIpc) is 2.61. The van der Waals surface area contributed by atoms with E-state index < -0.39 is 17.3 Å². The molecule has 0 spiro atoms. The van der Waals surface area contributed by atoms with Gasteiger partial charge in [-0.1, -0.05) is 12.8 Å². The summed E-state index contributed by atoms with van der Waals surface area (Å²) in [7, 11) is 1.22. The van der Waals surface area contributed by atoms with Crippen molar-refractivity contribution in [1.29, 1.82) is 0 Å². The van der Waals surface area contributed by atoms with Crippen LogP contribution in [0.4, 0.5) is 0 Å². The van der Waals surface area contributed by atoms with Gasteiger partial charge in [-0.25, -0.2) is 0 Å². The molecule has 2 rings (SSSR count). The molecule has 2 aliphatic carbocycles. The largest absolute Gasteiger partial charge is 0.469 e. The minimum absolute atomic E-state index is 0.103. The summed E-state index contributed by atoms with van der Waals surface area (Å²) in [5.41, 5.74) is 4.59. The number of carbonyl (C=O) groups excluding carboxylic acids is 4. The molecule has 9 heteroatoms. The van der Waals surface area contributed by atoms with Gasteiger partial charge in [-0.3, -0.25) is 19.2 Å². The molecule has 29 heavy (non-hydrogen) atoms. The second kappa shape index (κ2) is 11.7. The summed E-state index contributed by atoms with van der Waals surface area (Å²) < 4.78 is 14.3. The van der Waals surface area contributed by atoms with Crippen LogP contribution in [0.2, 0.25) is 0 Å². The van der Waals surface area contributed by atoms with Crippen LogP contribution in [0.25, 0.3) is 0 Å². The maximum absolute atomic E-state index is 11.8. The smallest absolute Gasteiger partial charge is 0.315 e. The number of nitrogens with one attached hydrogen (secondary N) is 1. The average molecular weight is 414 g/mol. The highest BCUT2D eigenvalue weighted by atomic mass is 16.5. The second-order valence-electron chi connectivity index (χ2n) is 7.44. The number of hydrogen-bond donors (Lipinski definition) is 2. The molecule has 0 saturated heterocycles. The Morgan fingerprint density at radius 3 is 1.72 bits per heavy atom. The Morgan fingerprint density at radius 1 is 0.897 bits per heavy atom. The molecule has 166 valence electrons. The fourth-order valence-corrected chi connectivity index (χ4v) is 3.25. The van der Waals surface area contributed by atoms with Crippen molar-refractivity contribution in [2.24, 2.45) is 16.6 Å². The van der Waals surface area contributed by atoms with E-state index in [1.54, 1.807) is 6.92 Å². The third-order valence-corrected chi connectivity index (χ3v) is 5.59. The van der Waals surface area contributed by atoms with Crippen LogP contribution in [-0.4, -0.2) is 57.2 Å². The molecule has 0 heterocycles. The molecule has 9 nitrogen and oxygen atoms in total. The van der Waals surface area contributed by atoms with Gasteiger partial charge in [0, 0.05) is 13.1 Å². The first kappa shape index (κ1) is 24.9. The van der Waals surface area contributed by atoms with Crippen LogP contribution in [0.3, 0.4) is 0 Å². The van der Waals surface area contributed by atoms with E-state index in [9.17, 15) is 19.2 Å². The third kappa shape index (κ3) is 6.69. The summed E-state index contributed by atoms with van der Waals surface area (Å²) in [5, 5.41) is 2.59. The standard InChI is InChI=1S/C12H19NO5.C8H15NO2/c1-3-18-11(16)12(5-4-6-12)8-13-9(14)7-10(15)17-2;1-2-11-7(10)8(6-9)4-3-5-8/h3-8H2,1-2H3,(H,13,14);2-6,9H2,1H3. The Hall–Kier alpha value is -2.16. The van der Waals surface area contributed by atoms with Crippen molar-refractivity contribution in [1.82, 2.24) is 5.32 Å². The van der Waals surface area contributed by atoms with Gasteiger partial charge in [0.05, 0.1) is 31.2 Å². The summed E-state index contributed by atoms with van der Waals surface area (Å²) in [5.74, 6) is -1.40. The van der Waals surface area contributed by atoms with E-state index in [1.807, 2.05) is 6.92 Å². The van der Waals surface area contributed by atoms with Gasteiger partial charge in [0.2, 0.25) is 5.91 Å². The van der Waals surface area contributed by atoms with Crippen molar-refractivity contribution < 1.29 is 33.4 Å². The number of ether oxygens (including phenoxy) is 3. The van der Waals surface area contributed by atoms with Gasteiger partial charge in [0.15, 0.2) is 0 Å². The fraction of sp³-hybridized carbons (Fsp3) is 0.800. The van der Waals surface area contributed by atoms with Gasteiger partial charge >= 0.3 is 17.9 Å². The maximum atomic E-state index is 11.8. The number of amides is 1. The molecule has 0 aliphatic heterocycles. The highest BCUT2D eigenvalue weighted by molar-refractivity contribution is 5.94. The summed E-state index contributed by atoms with van der Waals surface area (Å²) in [6.07, 6.45) is 4.97. The molecular weight excluding hydrogens is 380 g/mol. The lowest BCUT2D eigenvalue weighted by molar-refractivity contribution is -0.161. The lowest BCUT2D eigenvalue weighted by Gasteiger charge is -2.39. The SMILES string of the molecule is CCOC(=O)C1(CN)CCC1.CCOC(=O)C1(CNC(=O)CC(=O)OC)CCC1. The zero-order chi connectivity index (χ0) is 21.9. The first-order valence-electron chi connectivity index (χ1n) is 10.2. The van der Waals surface area contributed by atoms with Gasteiger partial charge in [-0.15, -0.1) is 0 Å². The molecule has 2 fully saturated rings. The zero-order valence-electron chi connectivity index (χ0n) is 17.7. The van der Waals surface area contributed by atoms with E-state index in [1.165, 1.54) is 7.11 Å². The number of carbonyl (C=O) groups is 4. The lowest BCUT2D eigenvalue weighted by atomic mass is 9.68. The van der Waals surface area contributed by atoms with Crippen LogP contribution < -0.4 is 11.1 Å². The number of rotatable bonds is 9. The Morgan fingerprint density at radius 2 is 1.38 bits per heavy atom.